The highest BCUT2D eigenvalue weighted by Gasteiger charge is 2.23. The zero-order valence-electron chi connectivity index (χ0n) is 42.6. The Labute approximate surface area is 406 Å². The molecule has 0 N–H and O–H groups in total. The first-order valence-electron chi connectivity index (χ1n) is 26.9. The molecule has 0 aliphatic heterocycles. The van der Waals surface area contributed by atoms with Crippen molar-refractivity contribution in [2.45, 2.75) is 187 Å². The summed E-state index contributed by atoms with van der Waals surface area (Å²) >= 11 is 0. The topological polar surface area (TPSA) is 0 Å². The lowest BCUT2D eigenvalue weighted by atomic mass is 9.77. The molecule has 4 aliphatic carbocycles. The Bertz CT molecular complexity index is 1830. The van der Waals surface area contributed by atoms with Crippen LogP contribution < -0.4 is 0 Å². The third kappa shape index (κ3) is 18.8. The second kappa shape index (κ2) is 29.6. The van der Waals surface area contributed by atoms with Crippen molar-refractivity contribution in [1.82, 2.24) is 0 Å². The van der Waals surface area contributed by atoms with Crippen molar-refractivity contribution in [3.05, 3.63) is 192 Å². The van der Waals surface area contributed by atoms with E-state index in [0.717, 1.165) is 60.2 Å². The van der Waals surface area contributed by atoms with E-state index in [-0.39, 0.29) is 0 Å². The van der Waals surface area contributed by atoms with Crippen molar-refractivity contribution in [2.24, 2.45) is 29.6 Å². The van der Waals surface area contributed by atoms with Crippen LogP contribution >= 0.6 is 0 Å². The molecule has 4 aromatic rings. The Morgan fingerprint density at radius 1 is 0.364 bits per heavy atom. The predicted octanol–water partition coefficient (Wildman–Crippen LogP) is 19.6. The second-order valence-corrected chi connectivity index (χ2v) is 21.5. The average molecular weight is 885 g/mol. The van der Waals surface area contributed by atoms with E-state index in [9.17, 15) is 0 Å². The molecule has 4 fully saturated rings. The molecule has 4 aromatic carbocycles. The van der Waals surface area contributed by atoms with Gasteiger partial charge in [-0.2, -0.15) is 0 Å². The van der Waals surface area contributed by atoms with Crippen molar-refractivity contribution in [2.75, 3.05) is 0 Å². The highest BCUT2D eigenvalue weighted by molar-refractivity contribution is 5.29. The van der Waals surface area contributed by atoms with Crippen molar-refractivity contribution >= 4 is 0 Å². The Morgan fingerprint density at radius 3 is 1.03 bits per heavy atom. The molecule has 0 spiro atoms. The van der Waals surface area contributed by atoms with E-state index in [1.807, 2.05) is 12.2 Å². The fourth-order valence-electron chi connectivity index (χ4n) is 11.3. The molecule has 4 aliphatic rings. The summed E-state index contributed by atoms with van der Waals surface area (Å²) in [6, 6.07) is 36.5. The number of hydrogen-bond acceptors (Lipinski definition) is 0. The van der Waals surface area contributed by atoms with Gasteiger partial charge in [-0.3, -0.25) is 0 Å². The number of benzene rings is 4. The first-order valence-corrected chi connectivity index (χ1v) is 26.9. The van der Waals surface area contributed by atoms with Gasteiger partial charge < -0.3 is 0 Å². The van der Waals surface area contributed by atoms with Gasteiger partial charge in [0, 0.05) is 0 Å². The van der Waals surface area contributed by atoms with Crippen LogP contribution in [0.5, 0.6) is 0 Å². The highest BCUT2D eigenvalue weighted by Crippen LogP contribution is 2.39. The molecule has 0 unspecified atom stereocenters. The number of rotatable bonds is 14. The largest absolute Gasteiger partial charge is 0.103 e. The summed E-state index contributed by atoms with van der Waals surface area (Å²) in [7, 11) is 0. The number of aryl methyl sites for hydroxylation is 3. The van der Waals surface area contributed by atoms with Crippen molar-refractivity contribution < 1.29 is 0 Å². The molecule has 66 heavy (non-hydrogen) atoms. The zero-order chi connectivity index (χ0) is 46.9. The van der Waals surface area contributed by atoms with E-state index in [2.05, 4.69) is 163 Å². The Hall–Kier alpha value is -4.16. The fraction of sp³-hybridized carbons (Fsp3) is 0.515. The van der Waals surface area contributed by atoms with Gasteiger partial charge in [0.05, 0.1) is 0 Å². The molecule has 8 rings (SSSR count). The maximum Gasteiger partial charge on any atom is -0.0100 e. The van der Waals surface area contributed by atoms with Gasteiger partial charge in [-0.1, -0.05) is 185 Å². The molecule has 0 saturated heterocycles. The smallest absolute Gasteiger partial charge is 0.0100 e. The Kier molecular flexibility index (Phi) is 23.7. The summed E-state index contributed by atoms with van der Waals surface area (Å²) < 4.78 is 0. The standard InChI is InChI=1S/2C18H24.C16H24.C14H20/c2*1-3-5-15-7-11-17(12-8-15)18-13-9-16(6-4-2)10-14-18;1-13-3-7-15(8-4-13)11-12-16-9-5-14(2)6-10-16;1-11-3-7-13(8-4-11)14-9-5-12(2)6-10-14/h2*3-4,7-8,11-12,16,18H,1-2,5-6,9-10,13-14H2;3-4,7-8,14,16H,5-6,9-12H2,1-2H3;3-4,7-8,12,14H,5-6,9-10H2,1-2H3. The van der Waals surface area contributed by atoms with Crippen LogP contribution in [0.4, 0.5) is 0 Å². The van der Waals surface area contributed by atoms with Crippen LogP contribution in [0.3, 0.4) is 0 Å². The molecule has 0 aromatic heterocycles. The molecule has 0 heterocycles. The maximum atomic E-state index is 3.85. The molecule has 4 saturated carbocycles. The predicted molar refractivity (Wildman–Crippen MR) is 292 cm³/mol. The molecule has 0 radical (unpaired) electrons. The average Bonchev–Trinajstić information content (AvgIpc) is 3.35. The van der Waals surface area contributed by atoms with Gasteiger partial charge in [-0.15, -0.1) is 26.3 Å². The molecule has 0 atom stereocenters. The van der Waals surface area contributed by atoms with Crippen LogP contribution in [0, 0.1) is 43.4 Å². The summed E-state index contributed by atoms with van der Waals surface area (Å²) in [5.41, 5.74) is 11.6. The van der Waals surface area contributed by atoms with Crippen LogP contribution in [0.15, 0.2) is 148 Å². The highest BCUT2D eigenvalue weighted by atomic mass is 14.3. The van der Waals surface area contributed by atoms with Crippen LogP contribution in [-0.4, -0.2) is 0 Å². The third-order valence-electron chi connectivity index (χ3n) is 16.0. The van der Waals surface area contributed by atoms with Crippen molar-refractivity contribution in [1.29, 1.82) is 0 Å². The molecule has 0 amide bonds. The van der Waals surface area contributed by atoms with Crippen molar-refractivity contribution in [3.63, 3.8) is 0 Å². The molecular formula is C66H92. The van der Waals surface area contributed by atoms with E-state index >= 15 is 0 Å². The van der Waals surface area contributed by atoms with Crippen LogP contribution in [0.1, 0.15) is 198 Å². The van der Waals surface area contributed by atoms with Gasteiger partial charge in [0.15, 0.2) is 0 Å². The minimum absolute atomic E-state index is 0.781. The van der Waals surface area contributed by atoms with Crippen molar-refractivity contribution in [3.8, 4) is 0 Å². The number of hydrogen-bond donors (Lipinski definition) is 0. The normalized spacial score (nSPS) is 24.9. The summed E-state index contributed by atoms with van der Waals surface area (Å²) in [5, 5.41) is 0. The van der Waals surface area contributed by atoms with Gasteiger partial charge in [0.1, 0.15) is 0 Å². The van der Waals surface area contributed by atoms with Gasteiger partial charge in [0.2, 0.25) is 0 Å². The SMILES string of the molecule is C=CCc1ccc(C2CCC(CC=C)CC2)cc1.C=CCc1ccc(C2CCC(CC=C)CC2)cc1.Cc1ccc(C2CCC(C)CC2)cc1.Cc1ccc(CCC2CCC(C)CC2)cc1. The molecule has 0 nitrogen and oxygen atoms in total. The van der Waals surface area contributed by atoms with Crippen LogP contribution in [0.2, 0.25) is 0 Å². The van der Waals surface area contributed by atoms with E-state index in [1.54, 1.807) is 5.56 Å². The second-order valence-electron chi connectivity index (χ2n) is 21.5. The third-order valence-corrected chi connectivity index (χ3v) is 16.0. The molecule has 356 valence electrons. The lowest BCUT2D eigenvalue weighted by Crippen LogP contribution is -2.12. The van der Waals surface area contributed by atoms with Gasteiger partial charge in [0.25, 0.3) is 0 Å². The first kappa shape index (κ1) is 52.8. The minimum atomic E-state index is 0.781. The van der Waals surface area contributed by atoms with Gasteiger partial charge >= 0.3 is 0 Å². The summed E-state index contributed by atoms with van der Waals surface area (Å²) in [6.45, 7) is 24.4. The quantitative estimate of drug-likeness (QED) is 0.111. The zero-order valence-corrected chi connectivity index (χ0v) is 42.6. The molecular weight excluding hydrogens is 793 g/mol. The number of allylic oxidation sites excluding steroid dienone is 4. The summed E-state index contributed by atoms with van der Waals surface area (Å²) in [5.74, 6) is 7.11. The van der Waals surface area contributed by atoms with E-state index < -0.39 is 0 Å². The van der Waals surface area contributed by atoms with E-state index in [0.29, 0.717) is 0 Å². The van der Waals surface area contributed by atoms with Gasteiger partial charge in [-0.25, -0.2) is 0 Å². The first-order chi connectivity index (χ1) is 32.2. The van der Waals surface area contributed by atoms with Crippen LogP contribution in [0.25, 0.3) is 0 Å². The Morgan fingerprint density at radius 2 is 0.667 bits per heavy atom. The lowest BCUT2D eigenvalue weighted by Gasteiger charge is -2.28. The van der Waals surface area contributed by atoms with Crippen LogP contribution in [-0.2, 0) is 19.3 Å². The fourth-order valence-corrected chi connectivity index (χ4v) is 11.3. The monoisotopic (exact) mass is 885 g/mol. The summed E-state index contributed by atoms with van der Waals surface area (Å²) in [6.07, 6.45) is 37.4. The lowest BCUT2D eigenvalue weighted by molar-refractivity contribution is 0.278. The summed E-state index contributed by atoms with van der Waals surface area (Å²) in [4.78, 5) is 0. The molecule has 0 bridgehead atoms. The van der Waals surface area contributed by atoms with E-state index in [4.69, 9.17) is 0 Å². The molecule has 0 heteroatoms. The van der Waals surface area contributed by atoms with E-state index in [1.165, 1.54) is 167 Å². The van der Waals surface area contributed by atoms with Gasteiger partial charge in [-0.05, 0) is 197 Å². The Balaban J connectivity index is 0.000000166. The minimum Gasteiger partial charge on any atom is -0.103 e. The maximum absolute atomic E-state index is 3.85.